The van der Waals surface area contributed by atoms with Crippen LogP contribution < -0.4 is 10.5 Å². The molecule has 3 heteroatoms. The summed E-state index contributed by atoms with van der Waals surface area (Å²) in [5, 5.41) is 2.30. The van der Waals surface area contributed by atoms with E-state index in [9.17, 15) is 0 Å². The lowest BCUT2D eigenvalue weighted by Gasteiger charge is -2.10. The molecule has 6 aromatic rings. The zero-order valence-corrected chi connectivity index (χ0v) is 19.6. The van der Waals surface area contributed by atoms with E-state index in [0.29, 0.717) is 6.61 Å². The van der Waals surface area contributed by atoms with E-state index in [1.165, 1.54) is 16.5 Å². The second-order valence-corrected chi connectivity index (χ2v) is 8.69. The number of nitrogens with two attached hydrogens (primary N) is 1. The second kappa shape index (κ2) is 8.69. The Bertz CT molecular complexity index is 1630. The summed E-state index contributed by atoms with van der Waals surface area (Å²) in [4.78, 5) is 0. The highest BCUT2D eigenvalue weighted by Crippen LogP contribution is 2.39. The van der Waals surface area contributed by atoms with Crippen LogP contribution in [0.3, 0.4) is 0 Å². The van der Waals surface area contributed by atoms with Crippen molar-refractivity contribution in [2.75, 3.05) is 12.3 Å². The monoisotopic (exact) mass is 454 g/mol. The number of hydrogen-bond acceptors (Lipinski definition) is 2. The highest BCUT2D eigenvalue weighted by Gasteiger charge is 2.17. The van der Waals surface area contributed by atoms with Crippen molar-refractivity contribution in [3.8, 4) is 33.7 Å². The minimum Gasteiger partial charge on any atom is -0.493 e. The predicted molar refractivity (Wildman–Crippen MR) is 147 cm³/mol. The highest BCUT2D eigenvalue weighted by molar-refractivity contribution is 6.13. The summed E-state index contributed by atoms with van der Waals surface area (Å²) in [7, 11) is 0. The average molecular weight is 455 g/mol. The molecule has 3 nitrogen and oxygen atoms in total. The Hall–Kier alpha value is -4.50. The van der Waals surface area contributed by atoms with Crippen LogP contribution in [0.25, 0.3) is 49.7 Å². The van der Waals surface area contributed by atoms with Crippen LogP contribution in [0, 0.1) is 0 Å². The fourth-order valence-corrected chi connectivity index (χ4v) is 4.88. The summed E-state index contributed by atoms with van der Waals surface area (Å²) in [6.45, 7) is 2.65. The van der Waals surface area contributed by atoms with Crippen molar-refractivity contribution in [1.29, 1.82) is 0 Å². The summed E-state index contributed by atoms with van der Waals surface area (Å²) < 4.78 is 8.41. The number of benzene rings is 5. The molecule has 1 heterocycles. The van der Waals surface area contributed by atoms with Crippen LogP contribution >= 0.6 is 0 Å². The van der Waals surface area contributed by atoms with Gasteiger partial charge in [-0.25, -0.2) is 0 Å². The lowest BCUT2D eigenvalue weighted by molar-refractivity contribution is 0.344. The van der Waals surface area contributed by atoms with Crippen molar-refractivity contribution in [3.63, 3.8) is 0 Å². The standard InChI is InChI=1S/C32H26N2O/c1-2-35-31-10-6-9-30-32(31)28-21-25(24-11-16-26(33)17-12-24)15-20-29(28)34(30)27-18-13-23(14-19-27)22-7-4-3-5-8-22/h3-21H,2,33H2,1H3. The molecule has 0 atom stereocenters. The molecule has 0 bridgehead atoms. The molecule has 2 N–H and O–H groups in total. The van der Waals surface area contributed by atoms with Gasteiger partial charge < -0.3 is 15.0 Å². The van der Waals surface area contributed by atoms with Crippen molar-refractivity contribution < 1.29 is 4.74 Å². The number of rotatable bonds is 5. The number of nitrogen functional groups attached to an aromatic ring is 1. The lowest BCUT2D eigenvalue weighted by atomic mass is 10.0. The normalized spacial score (nSPS) is 11.2. The molecule has 170 valence electrons. The van der Waals surface area contributed by atoms with Crippen LogP contribution in [0.5, 0.6) is 5.75 Å². The van der Waals surface area contributed by atoms with Crippen molar-refractivity contribution in [1.82, 2.24) is 4.57 Å². The first-order chi connectivity index (χ1) is 17.2. The van der Waals surface area contributed by atoms with Crippen LogP contribution in [0.2, 0.25) is 0 Å². The first kappa shape index (κ1) is 21.1. The molecule has 0 fully saturated rings. The summed E-state index contributed by atoms with van der Waals surface area (Å²) in [6.07, 6.45) is 0. The van der Waals surface area contributed by atoms with Gasteiger partial charge in [-0.2, -0.15) is 0 Å². The number of aromatic nitrogens is 1. The third-order valence-corrected chi connectivity index (χ3v) is 6.53. The molecule has 0 aliphatic heterocycles. The van der Waals surface area contributed by atoms with E-state index in [0.717, 1.165) is 44.7 Å². The van der Waals surface area contributed by atoms with Gasteiger partial charge in [-0.1, -0.05) is 66.7 Å². The fourth-order valence-electron chi connectivity index (χ4n) is 4.88. The first-order valence-corrected chi connectivity index (χ1v) is 11.9. The quantitative estimate of drug-likeness (QED) is 0.267. The molecular weight excluding hydrogens is 428 g/mol. The van der Waals surface area contributed by atoms with Gasteiger partial charge in [0.25, 0.3) is 0 Å². The summed E-state index contributed by atoms with van der Waals surface area (Å²) >= 11 is 0. The van der Waals surface area contributed by atoms with Crippen molar-refractivity contribution in [2.24, 2.45) is 0 Å². The van der Waals surface area contributed by atoms with Crippen molar-refractivity contribution in [3.05, 3.63) is 115 Å². The molecule has 0 unspecified atom stereocenters. The van der Waals surface area contributed by atoms with Crippen LogP contribution in [-0.2, 0) is 0 Å². The van der Waals surface area contributed by atoms with E-state index < -0.39 is 0 Å². The zero-order valence-electron chi connectivity index (χ0n) is 19.6. The molecule has 0 aliphatic carbocycles. The molecule has 5 aromatic carbocycles. The second-order valence-electron chi connectivity index (χ2n) is 8.69. The molecule has 0 saturated heterocycles. The molecule has 35 heavy (non-hydrogen) atoms. The van der Waals surface area contributed by atoms with Gasteiger partial charge in [0.05, 0.1) is 17.6 Å². The number of ether oxygens (including phenoxy) is 1. The van der Waals surface area contributed by atoms with Gasteiger partial charge in [0.2, 0.25) is 0 Å². The lowest BCUT2D eigenvalue weighted by Crippen LogP contribution is -1.95. The van der Waals surface area contributed by atoms with E-state index in [2.05, 4.69) is 102 Å². The molecular formula is C32H26N2O. The first-order valence-electron chi connectivity index (χ1n) is 11.9. The van der Waals surface area contributed by atoms with Crippen molar-refractivity contribution in [2.45, 2.75) is 6.92 Å². The maximum absolute atomic E-state index is 6.08. The van der Waals surface area contributed by atoms with Gasteiger partial charge in [-0.15, -0.1) is 0 Å². The number of hydrogen-bond donors (Lipinski definition) is 1. The predicted octanol–water partition coefficient (Wildman–Crippen LogP) is 8.10. The number of nitrogens with zero attached hydrogens (tertiary/aromatic N) is 1. The van der Waals surface area contributed by atoms with E-state index in [-0.39, 0.29) is 0 Å². The Morgan fingerprint density at radius 1 is 0.629 bits per heavy atom. The maximum Gasteiger partial charge on any atom is 0.129 e. The SMILES string of the molecule is CCOc1cccc2c1c1cc(-c3ccc(N)cc3)ccc1n2-c1ccc(-c2ccccc2)cc1. The molecule has 0 spiro atoms. The minimum atomic E-state index is 0.620. The van der Waals surface area contributed by atoms with Gasteiger partial charge in [0, 0.05) is 22.1 Å². The number of fused-ring (bicyclic) bond motifs is 3. The van der Waals surface area contributed by atoms with E-state index in [4.69, 9.17) is 10.5 Å². The average Bonchev–Trinajstić information content (AvgIpc) is 3.24. The van der Waals surface area contributed by atoms with Gasteiger partial charge in [-0.05, 0) is 77.7 Å². The Balaban J connectivity index is 1.57. The Labute approximate surface area is 205 Å². The Morgan fingerprint density at radius 3 is 2.03 bits per heavy atom. The summed E-state index contributed by atoms with van der Waals surface area (Å²) in [5.74, 6) is 0.907. The maximum atomic E-state index is 6.08. The Morgan fingerprint density at radius 2 is 1.29 bits per heavy atom. The third-order valence-electron chi connectivity index (χ3n) is 6.53. The Kier molecular flexibility index (Phi) is 5.23. The molecule has 0 amide bonds. The van der Waals surface area contributed by atoms with Gasteiger partial charge >= 0.3 is 0 Å². The summed E-state index contributed by atoms with van der Waals surface area (Å²) in [5.41, 5.74) is 14.8. The molecule has 0 aliphatic rings. The fraction of sp³-hybridized carbons (Fsp3) is 0.0625. The van der Waals surface area contributed by atoms with E-state index >= 15 is 0 Å². The van der Waals surface area contributed by atoms with Gasteiger partial charge in [-0.3, -0.25) is 0 Å². The van der Waals surface area contributed by atoms with Gasteiger partial charge in [0.1, 0.15) is 5.75 Å². The highest BCUT2D eigenvalue weighted by atomic mass is 16.5. The molecule has 0 saturated carbocycles. The topological polar surface area (TPSA) is 40.2 Å². The molecule has 6 rings (SSSR count). The van der Waals surface area contributed by atoms with Crippen LogP contribution in [-0.4, -0.2) is 11.2 Å². The zero-order chi connectivity index (χ0) is 23.8. The third kappa shape index (κ3) is 3.71. The van der Waals surface area contributed by atoms with Crippen LogP contribution in [0.4, 0.5) is 5.69 Å². The largest absolute Gasteiger partial charge is 0.493 e. The van der Waals surface area contributed by atoms with Crippen LogP contribution in [0.15, 0.2) is 115 Å². The van der Waals surface area contributed by atoms with E-state index in [1.54, 1.807) is 0 Å². The van der Waals surface area contributed by atoms with Gasteiger partial charge in [0.15, 0.2) is 0 Å². The molecule has 0 radical (unpaired) electrons. The number of anilines is 1. The molecule has 1 aromatic heterocycles. The summed E-state index contributed by atoms with van der Waals surface area (Å²) in [6, 6.07) is 40.3. The van der Waals surface area contributed by atoms with Crippen LogP contribution in [0.1, 0.15) is 6.92 Å². The van der Waals surface area contributed by atoms with Crippen molar-refractivity contribution >= 4 is 27.5 Å². The smallest absolute Gasteiger partial charge is 0.129 e. The minimum absolute atomic E-state index is 0.620. The van der Waals surface area contributed by atoms with E-state index in [1.807, 2.05) is 25.1 Å².